The topological polar surface area (TPSA) is 62.7 Å². The first-order chi connectivity index (χ1) is 9.65. The summed E-state index contributed by atoms with van der Waals surface area (Å²) < 4.78 is 4.80. The zero-order chi connectivity index (χ0) is 14.8. The van der Waals surface area contributed by atoms with E-state index in [1.54, 1.807) is 19.1 Å². The van der Waals surface area contributed by atoms with Crippen LogP contribution in [-0.2, 0) is 4.74 Å². The lowest BCUT2D eigenvalue weighted by atomic mass is 10.3. The minimum atomic E-state index is -0.447. The van der Waals surface area contributed by atoms with Gasteiger partial charge in [-0.05, 0) is 45.0 Å². The maximum atomic E-state index is 11.2. The van der Waals surface area contributed by atoms with E-state index in [1.807, 2.05) is 38.1 Å². The number of amidine groups is 1. The highest BCUT2D eigenvalue weighted by molar-refractivity contribution is 5.94. The molecular weight excluding hydrogens is 254 g/mol. The van der Waals surface area contributed by atoms with Crippen LogP contribution in [0, 0.1) is 0 Å². The highest BCUT2D eigenvalue weighted by Gasteiger charge is 2.01. The molecule has 0 saturated heterocycles. The van der Waals surface area contributed by atoms with Gasteiger partial charge >= 0.3 is 6.09 Å². The average molecular weight is 275 g/mol. The lowest BCUT2D eigenvalue weighted by molar-refractivity contribution is 0.168. The number of hydrogen-bond acceptors (Lipinski definition) is 3. The normalized spacial score (nSPS) is 11.4. The summed E-state index contributed by atoms with van der Waals surface area (Å²) in [5, 5.41) is 5.82. The molecule has 0 aromatic heterocycles. The Kier molecular flexibility index (Phi) is 6.89. The van der Waals surface area contributed by atoms with Crippen LogP contribution in [-0.4, -0.2) is 25.1 Å². The number of hydrogen-bond donors (Lipinski definition) is 2. The third-order valence-electron chi connectivity index (χ3n) is 2.40. The van der Waals surface area contributed by atoms with Gasteiger partial charge in [0.25, 0.3) is 0 Å². The SMILES string of the molecule is CC=CCN=C(C)Nc1ccc(NC(=O)OCC)cc1. The number of anilines is 2. The van der Waals surface area contributed by atoms with Crippen molar-refractivity contribution >= 4 is 23.3 Å². The van der Waals surface area contributed by atoms with Gasteiger partial charge in [-0.2, -0.15) is 0 Å². The van der Waals surface area contributed by atoms with Crippen LogP contribution in [0.3, 0.4) is 0 Å². The maximum absolute atomic E-state index is 11.2. The number of carbonyl (C=O) groups excluding carboxylic acids is 1. The second-order valence-electron chi connectivity index (χ2n) is 4.04. The van der Waals surface area contributed by atoms with E-state index in [-0.39, 0.29) is 0 Å². The molecule has 0 spiro atoms. The van der Waals surface area contributed by atoms with E-state index in [1.165, 1.54) is 0 Å². The second-order valence-corrected chi connectivity index (χ2v) is 4.04. The number of rotatable bonds is 5. The number of ether oxygens (including phenoxy) is 1. The summed E-state index contributed by atoms with van der Waals surface area (Å²) in [5.41, 5.74) is 1.61. The molecule has 0 unspecified atom stereocenters. The third-order valence-corrected chi connectivity index (χ3v) is 2.40. The predicted molar refractivity (Wildman–Crippen MR) is 83.5 cm³/mol. The Morgan fingerprint density at radius 1 is 1.25 bits per heavy atom. The monoisotopic (exact) mass is 275 g/mol. The zero-order valence-corrected chi connectivity index (χ0v) is 12.1. The zero-order valence-electron chi connectivity index (χ0n) is 12.1. The van der Waals surface area contributed by atoms with Gasteiger partial charge in [-0.15, -0.1) is 0 Å². The van der Waals surface area contributed by atoms with Crippen LogP contribution in [0.1, 0.15) is 20.8 Å². The van der Waals surface area contributed by atoms with E-state index >= 15 is 0 Å². The Labute approximate surface area is 119 Å². The molecule has 5 heteroatoms. The summed E-state index contributed by atoms with van der Waals surface area (Å²) in [6.45, 7) is 6.66. The van der Waals surface area contributed by atoms with Gasteiger partial charge in [-0.25, -0.2) is 4.79 Å². The maximum Gasteiger partial charge on any atom is 0.411 e. The molecule has 0 fully saturated rings. The highest BCUT2D eigenvalue weighted by atomic mass is 16.5. The number of amides is 1. The first kappa shape index (κ1) is 15.8. The lowest BCUT2D eigenvalue weighted by Gasteiger charge is -2.08. The average Bonchev–Trinajstić information content (AvgIpc) is 2.41. The number of aliphatic imine (C=N–C) groups is 1. The van der Waals surface area contributed by atoms with E-state index in [4.69, 9.17) is 4.74 Å². The molecule has 1 amide bonds. The van der Waals surface area contributed by atoms with E-state index in [9.17, 15) is 4.79 Å². The van der Waals surface area contributed by atoms with Crippen LogP contribution in [0.4, 0.5) is 16.2 Å². The number of allylic oxidation sites excluding steroid dienone is 1. The summed E-state index contributed by atoms with van der Waals surface area (Å²) in [6, 6.07) is 7.35. The molecule has 1 aromatic rings. The molecule has 0 aliphatic heterocycles. The molecule has 1 rings (SSSR count). The van der Waals surface area contributed by atoms with E-state index < -0.39 is 6.09 Å². The fourth-order valence-corrected chi connectivity index (χ4v) is 1.47. The minimum absolute atomic E-state index is 0.355. The van der Waals surface area contributed by atoms with Gasteiger partial charge in [0.2, 0.25) is 0 Å². The van der Waals surface area contributed by atoms with E-state index in [2.05, 4.69) is 15.6 Å². The Bertz CT molecular complexity index is 478. The molecule has 1 aromatic carbocycles. The predicted octanol–water partition coefficient (Wildman–Crippen LogP) is 3.66. The second kappa shape index (κ2) is 8.74. The van der Waals surface area contributed by atoms with Crippen LogP contribution in [0.25, 0.3) is 0 Å². The fourth-order valence-electron chi connectivity index (χ4n) is 1.47. The van der Waals surface area contributed by atoms with Crippen molar-refractivity contribution in [1.29, 1.82) is 0 Å². The van der Waals surface area contributed by atoms with Crippen molar-refractivity contribution in [2.24, 2.45) is 4.99 Å². The van der Waals surface area contributed by atoms with Crippen molar-refractivity contribution in [3.63, 3.8) is 0 Å². The molecule has 0 saturated carbocycles. The number of nitrogens with one attached hydrogen (secondary N) is 2. The van der Waals surface area contributed by atoms with Gasteiger partial charge in [-0.1, -0.05) is 12.2 Å². The van der Waals surface area contributed by atoms with Crippen molar-refractivity contribution in [3.8, 4) is 0 Å². The Balaban J connectivity index is 2.54. The standard InChI is InChI=1S/C15H21N3O2/c1-4-6-11-16-12(3)17-13-7-9-14(10-8-13)18-15(19)20-5-2/h4,6-10H,5,11H2,1-3H3,(H,16,17)(H,18,19). The molecular formula is C15H21N3O2. The fraction of sp³-hybridized carbons (Fsp3) is 0.333. The van der Waals surface area contributed by atoms with Crippen LogP contribution in [0.5, 0.6) is 0 Å². The number of benzene rings is 1. The van der Waals surface area contributed by atoms with Gasteiger partial charge in [0, 0.05) is 11.4 Å². The smallest absolute Gasteiger partial charge is 0.411 e. The van der Waals surface area contributed by atoms with Gasteiger partial charge in [-0.3, -0.25) is 10.3 Å². The quantitative estimate of drug-likeness (QED) is 0.489. The molecule has 0 aliphatic rings. The Morgan fingerprint density at radius 2 is 1.85 bits per heavy atom. The summed E-state index contributed by atoms with van der Waals surface area (Å²) in [6.07, 6.45) is 3.50. The van der Waals surface area contributed by atoms with E-state index in [0.29, 0.717) is 18.8 Å². The first-order valence-electron chi connectivity index (χ1n) is 6.58. The molecule has 0 bridgehead atoms. The minimum Gasteiger partial charge on any atom is -0.450 e. The van der Waals surface area contributed by atoms with Crippen molar-refractivity contribution in [3.05, 3.63) is 36.4 Å². The molecule has 2 N–H and O–H groups in total. The van der Waals surface area contributed by atoms with Crippen LogP contribution in [0.15, 0.2) is 41.4 Å². The largest absolute Gasteiger partial charge is 0.450 e. The summed E-state index contributed by atoms with van der Waals surface area (Å²) in [5.74, 6) is 0.842. The molecule has 20 heavy (non-hydrogen) atoms. The molecule has 0 radical (unpaired) electrons. The van der Waals surface area contributed by atoms with E-state index in [0.717, 1.165) is 11.5 Å². The summed E-state index contributed by atoms with van der Waals surface area (Å²) >= 11 is 0. The van der Waals surface area contributed by atoms with Gasteiger partial charge in [0.1, 0.15) is 0 Å². The van der Waals surface area contributed by atoms with Gasteiger partial charge in [0.05, 0.1) is 19.0 Å². The summed E-state index contributed by atoms with van der Waals surface area (Å²) in [7, 11) is 0. The first-order valence-corrected chi connectivity index (χ1v) is 6.58. The van der Waals surface area contributed by atoms with Gasteiger partial charge in [0.15, 0.2) is 0 Å². The lowest BCUT2D eigenvalue weighted by Crippen LogP contribution is -2.13. The van der Waals surface area contributed by atoms with Crippen LogP contribution < -0.4 is 10.6 Å². The third kappa shape index (κ3) is 6.04. The van der Waals surface area contributed by atoms with Crippen LogP contribution >= 0.6 is 0 Å². The highest BCUT2D eigenvalue weighted by Crippen LogP contribution is 2.13. The molecule has 0 aliphatic carbocycles. The molecule has 5 nitrogen and oxygen atoms in total. The molecule has 108 valence electrons. The number of carbonyl (C=O) groups is 1. The van der Waals surface area contributed by atoms with Crippen molar-refractivity contribution < 1.29 is 9.53 Å². The molecule has 0 heterocycles. The van der Waals surface area contributed by atoms with Crippen molar-refractivity contribution in [2.45, 2.75) is 20.8 Å². The van der Waals surface area contributed by atoms with Crippen LogP contribution in [0.2, 0.25) is 0 Å². The van der Waals surface area contributed by atoms with Gasteiger partial charge < -0.3 is 10.1 Å². The Hall–Kier alpha value is -2.30. The molecule has 0 atom stereocenters. The van der Waals surface area contributed by atoms with Crippen molar-refractivity contribution in [2.75, 3.05) is 23.8 Å². The van der Waals surface area contributed by atoms with Crippen molar-refractivity contribution in [1.82, 2.24) is 0 Å². The number of nitrogens with zero attached hydrogens (tertiary/aromatic N) is 1. The summed E-state index contributed by atoms with van der Waals surface area (Å²) in [4.78, 5) is 15.6. The Morgan fingerprint density at radius 3 is 2.40 bits per heavy atom.